The van der Waals surface area contributed by atoms with E-state index in [-0.39, 0.29) is 17.8 Å². The lowest BCUT2D eigenvalue weighted by atomic mass is 10.1. The van der Waals surface area contributed by atoms with Gasteiger partial charge in [-0.2, -0.15) is 0 Å². The first-order valence-corrected chi connectivity index (χ1v) is 12.0. The second kappa shape index (κ2) is 9.32. The zero-order chi connectivity index (χ0) is 21.1. The predicted octanol–water partition coefficient (Wildman–Crippen LogP) is 4.84. The van der Waals surface area contributed by atoms with E-state index in [4.69, 9.17) is 4.74 Å². The van der Waals surface area contributed by atoms with Crippen LogP contribution in [0.4, 0.5) is 5.69 Å². The minimum Gasteiger partial charge on any atom is -0.376 e. The van der Waals surface area contributed by atoms with Crippen molar-refractivity contribution in [3.63, 3.8) is 0 Å². The van der Waals surface area contributed by atoms with Gasteiger partial charge < -0.3 is 10.1 Å². The number of hydrogen-bond donors (Lipinski definition) is 1. The van der Waals surface area contributed by atoms with E-state index < -0.39 is 0 Å². The number of ether oxygens (including phenoxy) is 1. The van der Waals surface area contributed by atoms with Crippen molar-refractivity contribution in [1.82, 2.24) is 14.8 Å². The Labute approximate surface area is 185 Å². The summed E-state index contributed by atoms with van der Waals surface area (Å²) in [5.74, 6) is 1.06. The molecule has 1 aromatic carbocycles. The molecule has 3 aromatic rings. The summed E-state index contributed by atoms with van der Waals surface area (Å²) in [6.07, 6.45) is 2.29. The molecule has 1 atom stereocenters. The molecule has 0 spiro atoms. The highest BCUT2D eigenvalue weighted by Crippen LogP contribution is 2.29. The van der Waals surface area contributed by atoms with Crippen LogP contribution in [0.2, 0.25) is 0 Å². The molecule has 0 saturated carbocycles. The SMILES string of the molecule is Cc1cc(-c2nnc(SCC(=O)Nc3ccc(C)c(C)c3)n2CC2CCCO2)cs1. The second-order valence-electron chi connectivity index (χ2n) is 7.63. The van der Waals surface area contributed by atoms with E-state index in [1.54, 1.807) is 11.3 Å². The van der Waals surface area contributed by atoms with Gasteiger partial charge in [-0.1, -0.05) is 17.8 Å². The van der Waals surface area contributed by atoms with Crippen LogP contribution in [0.3, 0.4) is 0 Å². The number of nitrogens with one attached hydrogen (secondary N) is 1. The number of nitrogens with zero attached hydrogens (tertiary/aromatic N) is 3. The smallest absolute Gasteiger partial charge is 0.234 e. The fraction of sp³-hybridized carbons (Fsp3) is 0.409. The molecule has 30 heavy (non-hydrogen) atoms. The lowest BCUT2D eigenvalue weighted by Crippen LogP contribution is -2.18. The van der Waals surface area contributed by atoms with E-state index in [0.717, 1.165) is 47.2 Å². The van der Waals surface area contributed by atoms with E-state index in [1.165, 1.54) is 22.2 Å². The molecule has 8 heteroatoms. The molecule has 1 unspecified atom stereocenters. The average molecular weight is 443 g/mol. The molecule has 2 aromatic heterocycles. The Kier molecular flexibility index (Phi) is 6.55. The highest BCUT2D eigenvalue weighted by Gasteiger charge is 2.22. The van der Waals surface area contributed by atoms with Crippen LogP contribution < -0.4 is 5.32 Å². The van der Waals surface area contributed by atoms with E-state index in [2.05, 4.69) is 45.4 Å². The van der Waals surface area contributed by atoms with Crippen LogP contribution in [0.15, 0.2) is 34.8 Å². The maximum absolute atomic E-state index is 12.5. The number of amides is 1. The first-order valence-electron chi connectivity index (χ1n) is 10.1. The van der Waals surface area contributed by atoms with Gasteiger partial charge in [0.1, 0.15) is 0 Å². The monoisotopic (exact) mass is 442 g/mol. The molecular formula is C22H26N4O2S2. The molecule has 0 aliphatic carbocycles. The third-order valence-electron chi connectivity index (χ3n) is 5.24. The van der Waals surface area contributed by atoms with Gasteiger partial charge in [0.2, 0.25) is 5.91 Å². The van der Waals surface area contributed by atoms with Gasteiger partial charge in [0.05, 0.1) is 18.4 Å². The van der Waals surface area contributed by atoms with E-state index in [1.807, 2.05) is 25.1 Å². The highest BCUT2D eigenvalue weighted by molar-refractivity contribution is 7.99. The predicted molar refractivity (Wildman–Crippen MR) is 122 cm³/mol. The summed E-state index contributed by atoms with van der Waals surface area (Å²) in [6.45, 7) is 7.70. The normalized spacial score (nSPS) is 16.2. The highest BCUT2D eigenvalue weighted by atomic mass is 32.2. The van der Waals surface area contributed by atoms with Gasteiger partial charge in [-0.3, -0.25) is 9.36 Å². The number of aromatic nitrogens is 3. The Morgan fingerprint density at radius 3 is 2.83 bits per heavy atom. The number of hydrogen-bond acceptors (Lipinski definition) is 6. The molecule has 3 heterocycles. The van der Waals surface area contributed by atoms with Gasteiger partial charge in [0.25, 0.3) is 0 Å². The summed E-state index contributed by atoms with van der Waals surface area (Å²) >= 11 is 3.11. The summed E-state index contributed by atoms with van der Waals surface area (Å²) in [6, 6.07) is 8.07. The van der Waals surface area contributed by atoms with E-state index >= 15 is 0 Å². The number of thiophene rings is 1. The summed E-state index contributed by atoms with van der Waals surface area (Å²) in [5.41, 5.74) is 4.25. The van der Waals surface area contributed by atoms with Crippen molar-refractivity contribution in [2.24, 2.45) is 0 Å². The van der Waals surface area contributed by atoms with Gasteiger partial charge >= 0.3 is 0 Å². The minimum absolute atomic E-state index is 0.0529. The number of rotatable bonds is 7. The van der Waals surface area contributed by atoms with Crippen LogP contribution in [0.25, 0.3) is 11.4 Å². The van der Waals surface area contributed by atoms with Crippen molar-refractivity contribution in [3.8, 4) is 11.4 Å². The molecule has 158 valence electrons. The zero-order valence-corrected chi connectivity index (χ0v) is 19.1. The molecule has 1 N–H and O–H groups in total. The van der Waals surface area contributed by atoms with Gasteiger partial charge in [0.15, 0.2) is 11.0 Å². The first kappa shape index (κ1) is 21.1. The van der Waals surface area contributed by atoms with Crippen molar-refractivity contribution in [2.75, 3.05) is 17.7 Å². The van der Waals surface area contributed by atoms with Crippen molar-refractivity contribution in [2.45, 2.75) is 51.4 Å². The van der Waals surface area contributed by atoms with Crippen LogP contribution >= 0.6 is 23.1 Å². The summed E-state index contributed by atoms with van der Waals surface area (Å²) in [7, 11) is 0. The van der Waals surface area contributed by atoms with Gasteiger partial charge in [-0.15, -0.1) is 21.5 Å². The van der Waals surface area contributed by atoms with Crippen LogP contribution in [0.5, 0.6) is 0 Å². The largest absolute Gasteiger partial charge is 0.376 e. The number of benzene rings is 1. The Hall–Kier alpha value is -2.16. The fourth-order valence-corrected chi connectivity index (χ4v) is 4.90. The van der Waals surface area contributed by atoms with Crippen molar-refractivity contribution in [3.05, 3.63) is 45.6 Å². The maximum atomic E-state index is 12.5. The maximum Gasteiger partial charge on any atom is 0.234 e. The molecule has 0 radical (unpaired) electrons. The number of thioether (sulfide) groups is 1. The average Bonchev–Trinajstić information content (AvgIpc) is 3.45. The number of carbonyl (C=O) groups excluding carboxylic acids is 1. The third kappa shape index (κ3) is 4.94. The van der Waals surface area contributed by atoms with Crippen molar-refractivity contribution in [1.29, 1.82) is 0 Å². The molecule has 0 bridgehead atoms. The van der Waals surface area contributed by atoms with Crippen molar-refractivity contribution < 1.29 is 9.53 Å². The van der Waals surface area contributed by atoms with Crippen LogP contribution in [0.1, 0.15) is 28.8 Å². The van der Waals surface area contributed by atoms with E-state index in [0.29, 0.717) is 6.54 Å². The van der Waals surface area contributed by atoms with Crippen LogP contribution in [-0.4, -0.2) is 39.1 Å². The molecule has 1 amide bonds. The molecule has 1 saturated heterocycles. The standard InChI is InChI=1S/C22H26N4O2S2/c1-14-6-7-18(9-15(14)2)23-20(27)13-30-22-25-24-21(17-10-16(3)29-12-17)26(22)11-19-5-4-8-28-19/h6-7,9-10,12,19H,4-5,8,11,13H2,1-3H3,(H,23,27). The second-order valence-corrected chi connectivity index (χ2v) is 9.69. The van der Waals surface area contributed by atoms with Gasteiger partial charge in [-0.05, 0) is 62.9 Å². The number of anilines is 1. The first-order chi connectivity index (χ1) is 14.5. The number of aryl methyl sites for hydroxylation is 3. The third-order valence-corrected chi connectivity index (χ3v) is 7.07. The van der Waals surface area contributed by atoms with Crippen LogP contribution in [0, 0.1) is 20.8 Å². The lowest BCUT2D eigenvalue weighted by Gasteiger charge is -2.14. The fourth-order valence-electron chi connectivity index (χ4n) is 3.47. The molecular weight excluding hydrogens is 416 g/mol. The Bertz CT molecular complexity index is 1040. The van der Waals surface area contributed by atoms with Crippen LogP contribution in [-0.2, 0) is 16.1 Å². The molecule has 1 aliphatic heterocycles. The zero-order valence-electron chi connectivity index (χ0n) is 17.5. The molecule has 1 fully saturated rings. The van der Waals surface area contributed by atoms with Gasteiger partial charge in [0, 0.05) is 28.1 Å². The summed E-state index contributed by atoms with van der Waals surface area (Å²) < 4.78 is 7.94. The summed E-state index contributed by atoms with van der Waals surface area (Å²) in [5, 5.41) is 14.7. The Morgan fingerprint density at radius 1 is 1.27 bits per heavy atom. The van der Waals surface area contributed by atoms with Gasteiger partial charge in [-0.25, -0.2) is 0 Å². The minimum atomic E-state index is -0.0529. The Balaban J connectivity index is 1.47. The van der Waals surface area contributed by atoms with Crippen molar-refractivity contribution >= 4 is 34.7 Å². The number of carbonyl (C=O) groups is 1. The van der Waals surface area contributed by atoms with E-state index in [9.17, 15) is 4.79 Å². The quantitative estimate of drug-likeness (QED) is 0.530. The Morgan fingerprint density at radius 2 is 2.13 bits per heavy atom. The molecule has 1 aliphatic rings. The molecule has 4 rings (SSSR count). The topological polar surface area (TPSA) is 69.0 Å². The molecule has 6 nitrogen and oxygen atoms in total. The summed E-state index contributed by atoms with van der Waals surface area (Å²) in [4.78, 5) is 13.7. The lowest BCUT2D eigenvalue weighted by molar-refractivity contribution is -0.113.